The molecule has 1 aromatic carbocycles. The molecule has 2 unspecified atom stereocenters. The average Bonchev–Trinajstić information content (AvgIpc) is 2.91. The molecule has 3 rings (SSSR count). The summed E-state index contributed by atoms with van der Waals surface area (Å²) in [6.07, 6.45) is 4.81. The molecule has 0 bridgehead atoms. The molecule has 1 heterocycles. The molecule has 1 N–H and O–H groups in total. The van der Waals surface area contributed by atoms with Crippen molar-refractivity contribution in [3.63, 3.8) is 0 Å². The fraction of sp³-hybridized carbons (Fsp3) is 0.500. The lowest BCUT2D eigenvalue weighted by atomic mass is 9.82. The first-order chi connectivity index (χ1) is 9.65. The summed E-state index contributed by atoms with van der Waals surface area (Å²) in [5.74, 6) is 2.72. The maximum atomic E-state index is 9.76. The van der Waals surface area contributed by atoms with Gasteiger partial charge in [0.25, 0.3) is 5.89 Å². The van der Waals surface area contributed by atoms with Crippen molar-refractivity contribution in [1.82, 2.24) is 10.1 Å². The average molecular weight is 272 g/mol. The Balaban J connectivity index is 1.88. The Morgan fingerprint density at radius 2 is 2.15 bits per heavy atom. The van der Waals surface area contributed by atoms with Gasteiger partial charge in [0.2, 0.25) is 0 Å². The standard InChI is InChI=1S/C16H20N2O2/c1-10-5-3-6-12(9-10)15-17-16(20-18-15)13-7-4-8-14(19)11(13)2/h4,7-8,10,12,19H,3,5-6,9H2,1-2H3. The van der Waals surface area contributed by atoms with Crippen molar-refractivity contribution in [3.8, 4) is 17.2 Å². The van der Waals surface area contributed by atoms with Crippen LogP contribution >= 0.6 is 0 Å². The molecule has 0 saturated heterocycles. The molecule has 2 atom stereocenters. The summed E-state index contributed by atoms with van der Waals surface area (Å²) in [6.45, 7) is 4.14. The van der Waals surface area contributed by atoms with Gasteiger partial charge < -0.3 is 9.63 Å². The summed E-state index contributed by atoms with van der Waals surface area (Å²) in [5.41, 5.74) is 1.59. The molecule has 1 aromatic heterocycles. The van der Waals surface area contributed by atoms with Gasteiger partial charge in [0.1, 0.15) is 5.75 Å². The first kappa shape index (κ1) is 13.2. The molecule has 0 amide bonds. The Morgan fingerprint density at radius 1 is 1.30 bits per heavy atom. The molecule has 2 aromatic rings. The Hall–Kier alpha value is -1.84. The van der Waals surface area contributed by atoms with Crippen molar-refractivity contribution in [2.45, 2.75) is 45.4 Å². The highest BCUT2D eigenvalue weighted by Crippen LogP contribution is 2.36. The van der Waals surface area contributed by atoms with E-state index < -0.39 is 0 Å². The second-order valence-corrected chi connectivity index (χ2v) is 5.88. The van der Waals surface area contributed by atoms with Crippen molar-refractivity contribution >= 4 is 0 Å². The van der Waals surface area contributed by atoms with Crippen LogP contribution in [0.2, 0.25) is 0 Å². The van der Waals surface area contributed by atoms with Gasteiger partial charge in [0, 0.05) is 17.0 Å². The SMILES string of the molecule is Cc1c(O)cccc1-c1nc(C2CCCC(C)C2)no1. The molecule has 0 spiro atoms. The second-order valence-electron chi connectivity index (χ2n) is 5.88. The molecule has 4 nitrogen and oxygen atoms in total. The fourth-order valence-electron chi connectivity index (χ4n) is 3.03. The maximum Gasteiger partial charge on any atom is 0.258 e. The van der Waals surface area contributed by atoms with Crippen molar-refractivity contribution in [3.05, 3.63) is 29.6 Å². The van der Waals surface area contributed by atoms with Gasteiger partial charge in [0.15, 0.2) is 5.82 Å². The lowest BCUT2D eigenvalue weighted by Crippen LogP contribution is -2.12. The van der Waals surface area contributed by atoms with E-state index in [-0.39, 0.29) is 5.75 Å². The third kappa shape index (κ3) is 2.42. The predicted molar refractivity (Wildman–Crippen MR) is 76.5 cm³/mol. The monoisotopic (exact) mass is 272 g/mol. The van der Waals surface area contributed by atoms with E-state index in [0.29, 0.717) is 11.8 Å². The minimum absolute atomic E-state index is 0.258. The van der Waals surface area contributed by atoms with Crippen LogP contribution in [0.4, 0.5) is 0 Å². The zero-order valence-electron chi connectivity index (χ0n) is 12.0. The van der Waals surface area contributed by atoms with Crippen molar-refractivity contribution in [1.29, 1.82) is 0 Å². The summed E-state index contributed by atoms with van der Waals surface area (Å²) >= 11 is 0. The van der Waals surface area contributed by atoms with Gasteiger partial charge in [0.05, 0.1) is 0 Å². The van der Waals surface area contributed by atoms with E-state index in [4.69, 9.17) is 4.52 Å². The third-order valence-electron chi connectivity index (χ3n) is 4.28. The molecule has 1 fully saturated rings. The number of hydrogen-bond donors (Lipinski definition) is 1. The van der Waals surface area contributed by atoms with E-state index >= 15 is 0 Å². The zero-order valence-corrected chi connectivity index (χ0v) is 12.0. The quantitative estimate of drug-likeness (QED) is 0.896. The lowest BCUT2D eigenvalue weighted by Gasteiger charge is -2.23. The number of aromatic hydroxyl groups is 1. The predicted octanol–water partition coefficient (Wildman–Crippen LogP) is 4.04. The van der Waals surface area contributed by atoms with Gasteiger partial charge >= 0.3 is 0 Å². The van der Waals surface area contributed by atoms with Gasteiger partial charge in [-0.1, -0.05) is 31.0 Å². The van der Waals surface area contributed by atoms with Crippen molar-refractivity contribution < 1.29 is 9.63 Å². The number of phenols is 1. The van der Waals surface area contributed by atoms with Crippen LogP contribution in [0.3, 0.4) is 0 Å². The number of nitrogens with zero attached hydrogens (tertiary/aromatic N) is 2. The molecule has 0 radical (unpaired) electrons. The van der Waals surface area contributed by atoms with Crippen LogP contribution in [0, 0.1) is 12.8 Å². The van der Waals surface area contributed by atoms with Gasteiger partial charge in [-0.2, -0.15) is 4.98 Å². The highest BCUT2D eigenvalue weighted by molar-refractivity contribution is 5.61. The lowest BCUT2D eigenvalue weighted by molar-refractivity contribution is 0.324. The zero-order chi connectivity index (χ0) is 14.1. The van der Waals surface area contributed by atoms with E-state index in [1.807, 2.05) is 13.0 Å². The van der Waals surface area contributed by atoms with E-state index in [1.54, 1.807) is 12.1 Å². The first-order valence-electron chi connectivity index (χ1n) is 7.27. The fourth-order valence-corrected chi connectivity index (χ4v) is 3.03. The van der Waals surface area contributed by atoms with E-state index in [2.05, 4.69) is 17.1 Å². The van der Waals surface area contributed by atoms with Crippen molar-refractivity contribution in [2.24, 2.45) is 5.92 Å². The number of aromatic nitrogens is 2. The van der Waals surface area contributed by atoms with Crippen molar-refractivity contribution in [2.75, 3.05) is 0 Å². The molecule has 20 heavy (non-hydrogen) atoms. The van der Waals surface area contributed by atoms with E-state index in [1.165, 1.54) is 12.8 Å². The molecule has 1 aliphatic carbocycles. The Bertz CT molecular complexity index is 606. The molecule has 1 aliphatic rings. The molecular weight excluding hydrogens is 252 g/mol. The van der Waals surface area contributed by atoms with Crippen LogP contribution in [0.15, 0.2) is 22.7 Å². The van der Waals surface area contributed by atoms with E-state index in [9.17, 15) is 5.11 Å². The molecule has 4 heteroatoms. The van der Waals surface area contributed by atoms with Crippen LogP contribution in [-0.4, -0.2) is 15.2 Å². The van der Waals surface area contributed by atoms with Gasteiger partial charge in [-0.25, -0.2) is 0 Å². The largest absolute Gasteiger partial charge is 0.508 e. The van der Waals surface area contributed by atoms with Crippen LogP contribution in [-0.2, 0) is 0 Å². The first-order valence-corrected chi connectivity index (χ1v) is 7.27. The van der Waals surface area contributed by atoms with E-state index in [0.717, 1.165) is 35.7 Å². The molecule has 1 saturated carbocycles. The van der Waals surface area contributed by atoms with Gasteiger partial charge in [-0.15, -0.1) is 0 Å². The summed E-state index contributed by atoms with van der Waals surface area (Å²) < 4.78 is 5.40. The Kier molecular flexibility index (Phi) is 3.47. The highest BCUT2D eigenvalue weighted by Gasteiger charge is 2.25. The summed E-state index contributed by atoms with van der Waals surface area (Å²) in [5, 5.41) is 13.9. The van der Waals surface area contributed by atoms with Gasteiger partial charge in [-0.05, 0) is 37.8 Å². The van der Waals surface area contributed by atoms with Crippen LogP contribution in [0.25, 0.3) is 11.5 Å². The highest BCUT2D eigenvalue weighted by atomic mass is 16.5. The summed E-state index contributed by atoms with van der Waals surface area (Å²) in [7, 11) is 0. The van der Waals surface area contributed by atoms with Crippen LogP contribution in [0.1, 0.15) is 49.9 Å². The number of benzene rings is 1. The molecule has 0 aliphatic heterocycles. The van der Waals surface area contributed by atoms with Gasteiger partial charge in [-0.3, -0.25) is 0 Å². The molecular formula is C16H20N2O2. The number of phenolic OH excluding ortho intramolecular Hbond substituents is 1. The topological polar surface area (TPSA) is 59.2 Å². The minimum atomic E-state index is 0.258. The minimum Gasteiger partial charge on any atom is -0.508 e. The third-order valence-corrected chi connectivity index (χ3v) is 4.28. The molecule has 106 valence electrons. The second kappa shape index (κ2) is 5.27. The van der Waals surface area contributed by atoms with Crippen LogP contribution < -0.4 is 0 Å². The smallest absolute Gasteiger partial charge is 0.258 e. The summed E-state index contributed by atoms with van der Waals surface area (Å²) in [6, 6.07) is 5.36. The Labute approximate surface area is 118 Å². The summed E-state index contributed by atoms with van der Waals surface area (Å²) in [4.78, 5) is 4.55. The number of hydrogen-bond acceptors (Lipinski definition) is 4. The maximum absolute atomic E-state index is 9.76. The number of rotatable bonds is 2. The Morgan fingerprint density at radius 3 is 2.95 bits per heavy atom. The van der Waals surface area contributed by atoms with Crippen LogP contribution in [0.5, 0.6) is 5.75 Å². The normalized spacial score (nSPS) is 22.9.